The summed E-state index contributed by atoms with van der Waals surface area (Å²) in [5.74, 6) is -0.310. The number of H-pyrrole nitrogens is 1. The molecule has 0 saturated heterocycles. The maximum Gasteiger partial charge on any atom is 0.126 e. The van der Waals surface area contributed by atoms with Crippen molar-refractivity contribution in [2.45, 2.75) is 26.2 Å². The van der Waals surface area contributed by atoms with Crippen molar-refractivity contribution in [3.05, 3.63) is 34.7 Å². The summed E-state index contributed by atoms with van der Waals surface area (Å²) in [4.78, 5) is 3.19. The first-order chi connectivity index (χ1) is 6.88. The average molecular weight is 226 g/mol. The van der Waals surface area contributed by atoms with Crippen LogP contribution in [0.4, 0.5) is 4.39 Å². The molecule has 15 heavy (non-hydrogen) atoms. The van der Waals surface area contributed by atoms with E-state index in [1.165, 1.54) is 12.1 Å². The zero-order chi connectivity index (χ0) is 11.2. The Bertz CT molecular complexity index is 508. The van der Waals surface area contributed by atoms with Crippen molar-refractivity contribution in [2.24, 2.45) is 0 Å². The van der Waals surface area contributed by atoms with Crippen LogP contribution in [0.15, 0.2) is 18.2 Å². The van der Waals surface area contributed by atoms with Crippen LogP contribution in [-0.2, 0) is 5.41 Å². The van der Waals surface area contributed by atoms with Crippen molar-refractivity contribution in [1.29, 1.82) is 0 Å². The van der Waals surface area contributed by atoms with Crippen LogP contribution in [0.2, 0.25) is 5.02 Å². The lowest BCUT2D eigenvalue weighted by molar-refractivity contribution is 0.574. The standard InChI is InChI=1S/C12H13ClFN/c1-12(2,3)11-6-8-9(13)4-7(14)5-10(8)15-11/h4-6,15H,1-3H3. The third kappa shape index (κ3) is 1.86. The van der Waals surface area contributed by atoms with Crippen LogP contribution >= 0.6 is 11.6 Å². The second-order valence-corrected chi connectivity index (χ2v) is 5.19. The molecular formula is C12H13ClFN. The molecule has 1 nitrogen and oxygen atoms in total. The second kappa shape index (κ2) is 3.24. The number of aromatic nitrogens is 1. The SMILES string of the molecule is CC(C)(C)c1cc2c(Cl)cc(F)cc2[nH]1. The Morgan fingerprint density at radius 2 is 1.87 bits per heavy atom. The first-order valence-corrected chi connectivity index (χ1v) is 5.24. The van der Waals surface area contributed by atoms with Crippen LogP contribution in [0.5, 0.6) is 0 Å². The normalized spacial score (nSPS) is 12.3. The van der Waals surface area contributed by atoms with Gasteiger partial charge >= 0.3 is 0 Å². The zero-order valence-electron chi connectivity index (χ0n) is 8.99. The molecule has 0 saturated carbocycles. The third-order valence-corrected chi connectivity index (χ3v) is 2.77. The molecule has 1 aromatic carbocycles. The van der Waals surface area contributed by atoms with Gasteiger partial charge in [-0.1, -0.05) is 32.4 Å². The predicted octanol–water partition coefficient (Wildman–Crippen LogP) is 4.26. The van der Waals surface area contributed by atoms with E-state index in [2.05, 4.69) is 25.8 Å². The van der Waals surface area contributed by atoms with Gasteiger partial charge in [0.2, 0.25) is 0 Å². The van der Waals surface area contributed by atoms with E-state index in [-0.39, 0.29) is 11.2 Å². The molecule has 0 aliphatic rings. The molecule has 0 amide bonds. The van der Waals surface area contributed by atoms with E-state index in [4.69, 9.17) is 11.6 Å². The highest BCUT2D eigenvalue weighted by Gasteiger charge is 2.17. The van der Waals surface area contributed by atoms with Gasteiger partial charge in [-0.05, 0) is 18.2 Å². The van der Waals surface area contributed by atoms with Crippen molar-refractivity contribution in [3.8, 4) is 0 Å². The van der Waals surface area contributed by atoms with Gasteiger partial charge in [0.05, 0.1) is 10.5 Å². The molecule has 0 radical (unpaired) electrons. The summed E-state index contributed by atoms with van der Waals surface area (Å²) in [5, 5.41) is 1.33. The van der Waals surface area contributed by atoms with Crippen LogP contribution < -0.4 is 0 Å². The molecule has 0 atom stereocenters. The smallest absolute Gasteiger partial charge is 0.126 e. The summed E-state index contributed by atoms with van der Waals surface area (Å²) in [6, 6.07) is 4.79. The highest BCUT2D eigenvalue weighted by Crippen LogP contribution is 2.30. The molecule has 0 fully saturated rings. The molecule has 2 aromatic rings. The number of nitrogens with one attached hydrogen (secondary N) is 1. The van der Waals surface area contributed by atoms with Crippen LogP contribution in [0.3, 0.4) is 0 Å². The second-order valence-electron chi connectivity index (χ2n) is 4.78. The Hall–Kier alpha value is -1.02. The van der Waals surface area contributed by atoms with Gasteiger partial charge in [0, 0.05) is 16.5 Å². The Balaban J connectivity index is 2.71. The molecule has 3 heteroatoms. The van der Waals surface area contributed by atoms with Crippen LogP contribution in [0.25, 0.3) is 10.9 Å². The van der Waals surface area contributed by atoms with E-state index in [0.29, 0.717) is 5.02 Å². The minimum absolute atomic E-state index is 0.0127. The molecule has 2 rings (SSSR count). The first kappa shape index (κ1) is 10.5. The minimum atomic E-state index is -0.310. The maximum absolute atomic E-state index is 13.1. The van der Waals surface area contributed by atoms with E-state index in [9.17, 15) is 4.39 Å². The molecule has 0 aliphatic carbocycles. The van der Waals surface area contributed by atoms with Gasteiger partial charge in [0.1, 0.15) is 5.82 Å². The molecule has 1 heterocycles. The van der Waals surface area contributed by atoms with Gasteiger partial charge in [0.15, 0.2) is 0 Å². The molecule has 1 aromatic heterocycles. The van der Waals surface area contributed by atoms with Crippen molar-refractivity contribution >= 4 is 22.5 Å². The number of aromatic amines is 1. The fraction of sp³-hybridized carbons (Fsp3) is 0.333. The van der Waals surface area contributed by atoms with Crippen molar-refractivity contribution in [3.63, 3.8) is 0 Å². The van der Waals surface area contributed by atoms with Gasteiger partial charge in [0.25, 0.3) is 0 Å². The lowest BCUT2D eigenvalue weighted by atomic mass is 9.92. The molecular weight excluding hydrogens is 213 g/mol. The average Bonchev–Trinajstić information content (AvgIpc) is 2.46. The number of fused-ring (bicyclic) bond motifs is 1. The summed E-state index contributed by atoms with van der Waals surface area (Å²) < 4.78 is 13.1. The summed E-state index contributed by atoms with van der Waals surface area (Å²) in [5.41, 5.74) is 1.83. The predicted molar refractivity (Wildman–Crippen MR) is 62.0 cm³/mol. The van der Waals surface area contributed by atoms with Crippen molar-refractivity contribution in [2.75, 3.05) is 0 Å². The minimum Gasteiger partial charge on any atom is -0.358 e. The lowest BCUT2D eigenvalue weighted by Crippen LogP contribution is -2.10. The zero-order valence-corrected chi connectivity index (χ0v) is 9.74. The van der Waals surface area contributed by atoms with Gasteiger partial charge in [-0.2, -0.15) is 0 Å². The molecule has 0 unspecified atom stereocenters. The molecule has 1 N–H and O–H groups in total. The van der Waals surface area contributed by atoms with E-state index in [0.717, 1.165) is 16.6 Å². The number of hydrogen-bond donors (Lipinski definition) is 1. The fourth-order valence-corrected chi connectivity index (χ4v) is 1.82. The lowest BCUT2D eigenvalue weighted by Gasteiger charge is -2.15. The van der Waals surface area contributed by atoms with E-state index in [1.54, 1.807) is 0 Å². The summed E-state index contributed by atoms with van der Waals surface area (Å²) in [7, 11) is 0. The van der Waals surface area contributed by atoms with Gasteiger partial charge in [-0.3, -0.25) is 0 Å². The molecule has 80 valence electrons. The van der Waals surface area contributed by atoms with E-state index >= 15 is 0 Å². The summed E-state index contributed by atoms with van der Waals surface area (Å²) in [6.45, 7) is 6.30. The summed E-state index contributed by atoms with van der Waals surface area (Å²) in [6.07, 6.45) is 0. The highest BCUT2D eigenvalue weighted by atomic mass is 35.5. The Labute approximate surface area is 93.3 Å². The number of hydrogen-bond acceptors (Lipinski definition) is 0. The van der Waals surface area contributed by atoms with E-state index < -0.39 is 0 Å². The maximum atomic E-state index is 13.1. The summed E-state index contributed by atoms with van der Waals surface area (Å²) >= 11 is 5.97. The van der Waals surface area contributed by atoms with Crippen LogP contribution in [0.1, 0.15) is 26.5 Å². The van der Waals surface area contributed by atoms with Gasteiger partial charge in [-0.15, -0.1) is 0 Å². The quantitative estimate of drug-likeness (QED) is 0.690. The van der Waals surface area contributed by atoms with Gasteiger partial charge < -0.3 is 4.98 Å². The Kier molecular flexibility index (Phi) is 2.27. The monoisotopic (exact) mass is 225 g/mol. The molecule has 0 aliphatic heterocycles. The Morgan fingerprint density at radius 1 is 1.20 bits per heavy atom. The van der Waals surface area contributed by atoms with Gasteiger partial charge in [-0.25, -0.2) is 4.39 Å². The van der Waals surface area contributed by atoms with Crippen molar-refractivity contribution < 1.29 is 4.39 Å². The third-order valence-electron chi connectivity index (χ3n) is 2.46. The molecule has 0 spiro atoms. The number of benzene rings is 1. The first-order valence-electron chi connectivity index (χ1n) is 4.86. The number of rotatable bonds is 0. The fourth-order valence-electron chi connectivity index (χ4n) is 1.56. The van der Waals surface area contributed by atoms with Crippen LogP contribution in [0, 0.1) is 5.82 Å². The topological polar surface area (TPSA) is 15.8 Å². The molecule has 0 bridgehead atoms. The van der Waals surface area contributed by atoms with Crippen LogP contribution in [-0.4, -0.2) is 4.98 Å². The largest absolute Gasteiger partial charge is 0.358 e. The Morgan fingerprint density at radius 3 is 2.47 bits per heavy atom. The highest BCUT2D eigenvalue weighted by molar-refractivity contribution is 6.35. The van der Waals surface area contributed by atoms with Crippen molar-refractivity contribution in [1.82, 2.24) is 4.98 Å². The van der Waals surface area contributed by atoms with E-state index in [1.807, 2.05) is 6.07 Å². The number of halogens is 2.